The van der Waals surface area contributed by atoms with Crippen molar-refractivity contribution in [2.75, 3.05) is 14.2 Å². The zero-order chi connectivity index (χ0) is 35.9. The number of aromatic amines is 2. The smallest absolute Gasteiger partial charge is 0.144 e. The van der Waals surface area contributed by atoms with Crippen LogP contribution in [0.4, 0.5) is 0 Å². The molecule has 0 unspecified atom stereocenters. The van der Waals surface area contributed by atoms with Crippen molar-refractivity contribution in [2.45, 2.75) is 12.2 Å². The van der Waals surface area contributed by atoms with E-state index in [1.807, 2.05) is 91.0 Å². The predicted molar refractivity (Wildman–Crippen MR) is 213 cm³/mol. The van der Waals surface area contributed by atoms with Gasteiger partial charge in [0.25, 0.3) is 0 Å². The zero-order valence-electron chi connectivity index (χ0n) is 29.2. The van der Waals surface area contributed by atoms with Gasteiger partial charge in [0, 0.05) is 64.6 Å². The van der Waals surface area contributed by atoms with Gasteiger partial charge in [-0.3, -0.25) is 4.98 Å². The van der Waals surface area contributed by atoms with Gasteiger partial charge in [0.2, 0.25) is 0 Å². The molecule has 7 heteroatoms. The Bertz CT molecular complexity index is 2650. The van der Waals surface area contributed by atoms with Crippen LogP contribution in [0, 0.1) is 0 Å². The number of fused-ring (bicyclic) bond motifs is 8. The second kappa shape index (κ2) is 13.5. The van der Waals surface area contributed by atoms with E-state index in [0.717, 1.165) is 78.0 Å². The number of aromatic nitrogens is 4. The molecule has 8 bridgehead atoms. The first-order valence-electron chi connectivity index (χ1n) is 17.6. The molecule has 2 aliphatic heterocycles. The zero-order valence-corrected chi connectivity index (χ0v) is 29.2. The van der Waals surface area contributed by atoms with Crippen LogP contribution in [0.2, 0.25) is 0 Å². The maximum absolute atomic E-state index is 11.8. The van der Waals surface area contributed by atoms with Gasteiger partial charge in [-0.05, 0) is 46.5 Å². The van der Waals surface area contributed by atoms with Gasteiger partial charge in [0.15, 0.2) is 0 Å². The average molecular weight is 693 g/mol. The van der Waals surface area contributed by atoms with Gasteiger partial charge < -0.3 is 24.5 Å². The number of hydrogen-bond acceptors (Lipinski definition) is 5. The van der Waals surface area contributed by atoms with Gasteiger partial charge in [0.1, 0.15) is 23.7 Å². The summed E-state index contributed by atoms with van der Waals surface area (Å²) in [7, 11) is 3.42. The third kappa shape index (κ3) is 5.63. The molecule has 3 aromatic heterocycles. The van der Waals surface area contributed by atoms with Gasteiger partial charge in [0.05, 0.1) is 17.1 Å². The highest BCUT2D eigenvalue weighted by molar-refractivity contribution is 5.99. The van der Waals surface area contributed by atoms with Crippen molar-refractivity contribution in [2.24, 2.45) is 0 Å². The van der Waals surface area contributed by atoms with E-state index in [0.29, 0.717) is 11.4 Å². The molecule has 4 aromatic carbocycles. The third-order valence-electron chi connectivity index (χ3n) is 10.0. The minimum Gasteiger partial charge on any atom is -0.506 e. The number of nitrogens with zero attached hydrogens (tertiary/aromatic N) is 2. The SMILES string of the molecule is CO[C@@H]1c2nc(c(-c3ccccc3)c3ccc([nH]3)c(-c3ccccc3)c3nc(c(-c4ccccc4)c4ccc([nH]4)c2-c2ccccc2)C(O)=C3)[C@@H]1OC. The van der Waals surface area contributed by atoms with Gasteiger partial charge in [-0.2, -0.15) is 0 Å². The topological polar surface area (TPSA) is 96.1 Å². The molecule has 0 saturated carbocycles. The molecule has 0 aliphatic carbocycles. The average Bonchev–Trinajstić information content (AvgIpc) is 4.02. The van der Waals surface area contributed by atoms with Crippen LogP contribution in [0.25, 0.3) is 78.4 Å². The fraction of sp³-hybridized carbons (Fsp3) is 0.0870. The van der Waals surface area contributed by atoms with Crippen LogP contribution in [0.1, 0.15) is 35.0 Å². The highest BCUT2D eigenvalue weighted by Gasteiger charge is 2.37. The summed E-state index contributed by atoms with van der Waals surface area (Å²) >= 11 is 0. The lowest BCUT2D eigenvalue weighted by atomic mass is 9.97. The molecule has 53 heavy (non-hydrogen) atoms. The molecule has 2 atom stereocenters. The molecular formula is C46H36N4O3. The van der Waals surface area contributed by atoms with Crippen LogP contribution < -0.4 is 0 Å². The summed E-state index contributed by atoms with van der Waals surface area (Å²) in [6.07, 6.45) is 0.728. The van der Waals surface area contributed by atoms with E-state index >= 15 is 0 Å². The fourth-order valence-electron chi connectivity index (χ4n) is 7.67. The van der Waals surface area contributed by atoms with Crippen LogP contribution in [-0.4, -0.2) is 39.3 Å². The van der Waals surface area contributed by atoms with E-state index in [-0.39, 0.29) is 5.76 Å². The van der Waals surface area contributed by atoms with Crippen molar-refractivity contribution >= 4 is 33.9 Å². The van der Waals surface area contributed by atoms with Gasteiger partial charge >= 0.3 is 0 Å². The Hall–Kier alpha value is -6.54. The number of ether oxygens (including phenoxy) is 2. The molecule has 0 saturated heterocycles. The minimum atomic E-state index is -0.521. The highest BCUT2D eigenvalue weighted by Crippen LogP contribution is 2.47. The number of aliphatic hydroxyl groups excluding tert-OH is 1. The van der Waals surface area contributed by atoms with Crippen LogP contribution in [0.15, 0.2) is 146 Å². The first kappa shape index (κ1) is 32.4. The molecule has 5 heterocycles. The Morgan fingerprint density at radius 2 is 0.811 bits per heavy atom. The maximum Gasteiger partial charge on any atom is 0.144 e. The second-order valence-corrected chi connectivity index (χ2v) is 13.1. The van der Waals surface area contributed by atoms with Crippen molar-refractivity contribution in [1.29, 1.82) is 0 Å². The molecule has 258 valence electrons. The first-order valence-corrected chi connectivity index (χ1v) is 17.6. The van der Waals surface area contributed by atoms with Crippen LogP contribution in [-0.2, 0) is 9.47 Å². The normalized spacial score (nSPS) is 15.3. The quantitative estimate of drug-likeness (QED) is 0.161. The van der Waals surface area contributed by atoms with Crippen LogP contribution in [0.3, 0.4) is 0 Å². The summed E-state index contributed by atoms with van der Waals surface area (Å²) in [6, 6.07) is 48.9. The number of aliphatic hydroxyl groups is 1. The van der Waals surface area contributed by atoms with Crippen molar-refractivity contribution in [3.8, 4) is 44.5 Å². The Kier molecular flexibility index (Phi) is 8.27. The molecule has 7 aromatic rings. The minimum absolute atomic E-state index is 0.0877. The summed E-state index contributed by atoms with van der Waals surface area (Å²) < 4.78 is 12.6. The lowest BCUT2D eigenvalue weighted by Crippen LogP contribution is -2.11. The Labute approximate surface area is 306 Å². The van der Waals surface area contributed by atoms with E-state index in [4.69, 9.17) is 19.4 Å². The van der Waals surface area contributed by atoms with Crippen molar-refractivity contribution < 1.29 is 14.6 Å². The Morgan fingerprint density at radius 3 is 1.23 bits per heavy atom. The van der Waals surface area contributed by atoms with Crippen LogP contribution >= 0.6 is 0 Å². The number of methoxy groups -OCH3 is 2. The van der Waals surface area contributed by atoms with E-state index in [9.17, 15) is 5.11 Å². The largest absolute Gasteiger partial charge is 0.506 e. The molecule has 0 fully saturated rings. The molecule has 3 N–H and O–H groups in total. The van der Waals surface area contributed by atoms with Crippen molar-refractivity contribution in [3.63, 3.8) is 0 Å². The van der Waals surface area contributed by atoms with Gasteiger partial charge in [-0.1, -0.05) is 121 Å². The number of benzene rings is 4. The van der Waals surface area contributed by atoms with Gasteiger partial charge in [-0.15, -0.1) is 0 Å². The summed E-state index contributed by atoms with van der Waals surface area (Å²) in [6.45, 7) is 0. The highest BCUT2D eigenvalue weighted by atomic mass is 16.5. The lowest BCUT2D eigenvalue weighted by molar-refractivity contribution is -0.0325. The summed E-state index contributed by atoms with van der Waals surface area (Å²) in [5, 5.41) is 11.8. The Balaban J connectivity index is 1.53. The summed E-state index contributed by atoms with van der Waals surface area (Å²) in [4.78, 5) is 18.2. The standard InChI is InChI=1S/C46H36N4O3/c1-52-45-43-40(30-19-11-5-12-20-30)34-24-23-32(47-34)38(28-15-7-3-8-16-28)36-27-37(51)42(49-36)39(29-17-9-4-10-18-29)33-25-26-35(48-33)41(31-21-13-6-14-22-31)44(50-43)46(45)53-2/h3-27,45-48,51H,1-2H3/t45-,46+/m0/s1. The number of H-pyrrole nitrogens is 2. The van der Waals surface area contributed by atoms with E-state index in [2.05, 4.69) is 64.6 Å². The molecule has 0 radical (unpaired) electrons. The summed E-state index contributed by atoms with van der Waals surface area (Å²) in [5.74, 6) is 0.0877. The summed E-state index contributed by atoms with van der Waals surface area (Å²) in [5.41, 5.74) is 13.2. The molecule has 0 amide bonds. The van der Waals surface area contributed by atoms with Crippen molar-refractivity contribution in [1.82, 2.24) is 19.9 Å². The molecule has 0 spiro atoms. The second-order valence-electron chi connectivity index (χ2n) is 13.1. The molecule has 2 aliphatic rings. The van der Waals surface area contributed by atoms with Gasteiger partial charge in [-0.25, -0.2) is 4.98 Å². The number of rotatable bonds is 6. The first-order chi connectivity index (χ1) is 26.1. The maximum atomic E-state index is 11.8. The monoisotopic (exact) mass is 692 g/mol. The molecule has 7 nitrogen and oxygen atoms in total. The van der Waals surface area contributed by atoms with Crippen LogP contribution in [0.5, 0.6) is 0 Å². The Morgan fingerprint density at radius 1 is 0.453 bits per heavy atom. The number of nitrogens with one attached hydrogen (secondary N) is 2. The third-order valence-corrected chi connectivity index (χ3v) is 10.0. The fourth-order valence-corrected chi connectivity index (χ4v) is 7.67. The van der Waals surface area contributed by atoms with E-state index in [1.54, 1.807) is 20.3 Å². The molecule has 9 rings (SSSR count). The van der Waals surface area contributed by atoms with Crippen molar-refractivity contribution in [3.05, 3.63) is 168 Å². The van der Waals surface area contributed by atoms with E-state index < -0.39 is 12.2 Å². The lowest BCUT2D eigenvalue weighted by Gasteiger charge is -2.20. The predicted octanol–water partition coefficient (Wildman–Crippen LogP) is 11.1. The molecular weight excluding hydrogens is 657 g/mol. The number of hydrogen-bond donors (Lipinski definition) is 3. The van der Waals surface area contributed by atoms with E-state index in [1.165, 1.54) is 0 Å².